The molecule has 0 aliphatic heterocycles. The molecule has 0 amide bonds. The van der Waals surface area contributed by atoms with Crippen molar-refractivity contribution < 1.29 is 28.7 Å². The van der Waals surface area contributed by atoms with Crippen molar-refractivity contribution in [3.05, 3.63) is 35.4 Å². The standard InChI is InChI=1S/C14H12O6/c1-7(15)19-13-11(17)9-5-3-4-6-10(9)12(18)14(13)20-8(2)16/h3-6,13-14H,1-2H3/t13-,14-/m1/s1. The molecule has 0 bridgehead atoms. The molecule has 0 saturated carbocycles. The van der Waals surface area contributed by atoms with E-state index in [-0.39, 0.29) is 11.1 Å². The lowest BCUT2D eigenvalue weighted by Gasteiger charge is -2.29. The lowest BCUT2D eigenvalue weighted by Crippen LogP contribution is -2.49. The van der Waals surface area contributed by atoms with E-state index in [1.807, 2.05) is 0 Å². The Morgan fingerprint density at radius 1 is 0.850 bits per heavy atom. The summed E-state index contributed by atoms with van der Waals surface area (Å²) in [6.07, 6.45) is -2.86. The van der Waals surface area contributed by atoms with Crippen molar-refractivity contribution in [2.45, 2.75) is 26.1 Å². The summed E-state index contributed by atoms with van der Waals surface area (Å²) in [7, 11) is 0. The minimum atomic E-state index is -1.43. The van der Waals surface area contributed by atoms with Gasteiger partial charge in [-0.3, -0.25) is 19.2 Å². The average molecular weight is 276 g/mol. The average Bonchev–Trinajstić information content (AvgIpc) is 2.39. The molecule has 0 N–H and O–H groups in total. The third kappa shape index (κ3) is 2.45. The van der Waals surface area contributed by atoms with Crippen molar-refractivity contribution in [3.63, 3.8) is 0 Å². The summed E-state index contributed by atoms with van der Waals surface area (Å²) in [6.45, 7) is 2.23. The second-order valence-corrected chi connectivity index (χ2v) is 4.33. The van der Waals surface area contributed by atoms with Gasteiger partial charge in [0.1, 0.15) is 0 Å². The van der Waals surface area contributed by atoms with Crippen LogP contribution in [0.2, 0.25) is 0 Å². The van der Waals surface area contributed by atoms with Crippen LogP contribution in [-0.2, 0) is 19.1 Å². The number of rotatable bonds is 2. The second-order valence-electron chi connectivity index (χ2n) is 4.33. The van der Waals surface area contributed by atoms with E-state index in [4.69, 9.17) is 9.47 Å². The van der Waals surface area contributed by atoms with Crippen LogP contribution < -0.4 is 0 Å². The molecule has 1 aliphatic rings. The number of hydrogen-bond donors (Lipinski definition) is 0. The molecule has 1 aromatic carbocycles. The minimum absolute atomic E-state index is 0.159. The largest absolute Gasteiger partial charge is 0.450 e. The van der Waals surface area contributed by atoms with Crippen LogP contribution in [0.25, 0.3) is 0 Å². The van der Waals surface area contributed by atoms with E-state index < -0.39 is 35.7 Å². The fraction of sp³-hybridized carbons (Fsp3) is 0.286. The van der Waals surface area contributed by atoms with Crippen molar-refractivity contribution in [3.8, 4) is 0 Å². The molecular weight excluding hydrogens is 264 g/mol. The van der Waals surface area contributed by atoms with E-state index in [0.29, 0.717) is 0 Å². The Balaban J connectivity index is 2.48. The van der Waals surface area contributed by atoms with Crippen LogP contribution in [0.5, 0.6) is 0 Å². The van der Waals surface area contributed by atoms with E-state index >= 15 is 0 Å². The van der Waals surface area contributed by atoms with Gasteiger partial charge in [-0.2, -0.15) is 0 Å². The van der Waals surface area contributed by atoms with Gasteiger partial charge in [-0.25, -0.2) is 0 Å². The summed E-state index contributed by atoms with van der Waals surface area (Å²) in [5.41, 5.74) is 0.319. The number of ether oxygens (including phenoxy) is 2. The number of Topliss-reactive ketones (excluding diaryl/α,β-unsaturated/α-hetero) is 2. The predicted octanol–water partition coefficient (Wildman–Crippen LogP) is 0.929. The molecule has 0 saturated heterocycles. The van der Waals surface area contributed by atoms with Crippen molar-refractivity contribution in [2.75, 3.05) is 0 Å². The van der Waals surface area contributed by atoms with Gasteiger partial charge in [-0.1, -0.05) is 24.3 Å². The molecule has 2 atom stereocenters. The predicted molar refractivity (Wildman–Crippen MR) is 66.2 cm³/mol. The molecule has 0 fully saturated rings. The number of carbonyl (C=O) groups is 4. The molecule has 1 aliphatic carbocycles. The zero-order valence-corrected chi connectivity index (χ0v) is 10.9. The second kappa shape index (κ2) is 5.24. The third-order valence-electron chi connectivity index (χ3n) is 2.84. The van der Waals surface area contributed by atoms with Crippen LogP contribution in [0.1, 0.15) is 34.6 Å². The topological polar surface area (TPSA) is 86.7 Å². The first-order valence-electron chi connectivity index (χ1n) is 5.93. The first-order valence-corrected chi connectivity index (χ1v) is 5.93. The zero-order chi connectivity index (χ0) is 14.9. The van der Waals surface area contributed by atoms with Crippen LogP contribution >= 0.6 is 0 Å². The fourth-order valence-electron chi connectivity index (χ4n) is 2.08. The van der Waals surface area contributed by atoms with E-state index in [9.17, 15) is 19.2 Å². The summed E-state index contributed by atoms with van der Waals surface area (Å²) in [4.78, 5) is 46.7. The summed E-state index contributed by atoms with van der Waals surface area (Å²) in [6, 6.07) is 6.13. The minimum Gasteiger partial charge on any atom is -0.450 e. The zero-order valence-electron chi connectivity index (χ0n) is 10.9. The van der Waals surface area contributed by atoms with Gasteiger partial charge < -0.3 is 9.47 Å². The molecular formula is C14H12O6. The lowest BCUT2D eigenvalue weighted by molar-refractivity contribution is -0.158. The smallest absolute Gasteiger partial charge is 0.303 e. The molecule has 1 aromatic rings. The summed E-state index contributed by atoms with van der Waals surface area (Å²) in [5, 5.41) is 0. The first kappa shape index (κ1) is 13.9. The highest BCUT2D eigenvalue weighted by atomic mass is 16.6. The van der Waals surface area contributed by atoms with Crippen molar-refractivity contribution in [1.29, 1.82) is 0 Å². The Morgan fingerprint density at radius 2 is 1.20 bits per heavy atom. The van der Waals surface area contributed by atoms with Gasteiger partial charge in [0.05, 0.1) is 0 Å². The summed E-state index contributed by atoms with van der Waals surface area (Å²) in [5.74, 6) is -2.57. The Labute approximate surface area is 114 Å². The van der Waals surface area contributed by atoms with Gasteiger partial charge in [0.25, 0.3) is 0 Å². The summed E-state index contributed by atoms with van der Waals surface area (Å²) >= 11 is 0. The van der Waals surface area contributed by atoms with Crippen LogP contribution in [0.15, 0.2) is 24.3 Å². The van der Waals surface area contributed by atoms with E-state index in [0.717, 1.165) is 13.8 Å². The first-order chi connectivity index (χ1) is 9.41. The normalized spacial score (nSPS) is 21.1. The molecule has 0 radical (unpaired) electrons. The number of carbonyl (C=O) groups excluding carboxylic acids is 4. The Bertz CT molecular complexity index is 550. The molecule has 2 rings (SSSR count). The number of hydrogen-bond acceptors (Lipinski definition) is 6. The fourth-order valence-corrected chi connectivity index (χ4v) is 2.08. The van der Waals surface area contributed by atoms with Crippen molar-refractivity contribution in [1.82, 2.24) is 0 Å². The molecule has 0 heterocycles. The third-order valence-corrected chi connectivity index (χ3v) is 2.84. The van der Waals surface area contributed by atoms with E-state index in [1.54, 1.807) is 12.1 Å². The maximum Gasteiger partial charge on any atom is 0.303 e. The molecule has 6 heteroatoms. The highest BCUT2D eigenvalue weighted by molar-refractivity contribution is 6.18. The molecule has 0 unspecified atom stereocenters. The van der Waals surface area contributed by atoms with Gasteiger partial charge in [-0.05, 0) is 0 Å². The Hall–Kier alpha value is -2.50. The molecule has 0 aromatic heterocycles. The molecule has 20 heavy (non-hydrogen) atoms. The Morgan fingerprint density at radius 3 is 1.50 bits per heavy atom. The molecule has 0 spiro atoms. The number of fused-ring (bicyclic) bond motifs is 1. The van der Waals surface area contributed by atoms with Gasteiger partial charge in [0.15, 0.2) is 0 Å². The van der Waals surface area contributed by atoms with E-state index in [1.165, 1.54) is 12.1 Å². The van der Waals surface area contributed by atoms with Crippen LogP contribution in [0.4, 0.5) is 0 Å². The van der Waals surface area contributed by atoms with Crippen molar-refractivity contribution >= 4 is 23.5 Å². The quantitative estimate of drug-likeness (QED) is 0.747. The summed E-state index contributed by atoms with van der Waals surface area (Å²) < 4.78 is 9.72. The maximum absolute atomic E-state index is 12.3. The van der Waals surface area contributed by atoms with Gasteiger partial charge in [-0.15, -0.1) is 0 Å². The van der Waals surface area contributed by atoms with Crippen LogP contribution in [-0.4, -0.2) is 35.7 Å². The maximum atomic E-state index is 12.3. The monoisotopic (exact) mass is 276 g/mol. The van der Waals surface area contributed by atoms with Gasteiger partial charge >= 0.3 is 11.9 Å². The Kier molecular flexibility index (Phi) is 3.65. The highest BCUT2D eigenvalue weighted by Gasteiger charge is 2.45. The SMILES string of the molecule is CC(=O)O[C@@H]1C(=O)c2ccccc2C(=O)[C@H]1OC(C)=O. The van der Waals surface area contributed by atoms with Gasteiger partial charge in [0, 0.05) is 25.0 Å². The number of esters is 2. The van der Waals surface area contributed by atoms with E-state index in [2.05, 4.69) is 0 Å². The number of benzene rings is 1. The highest BCUT2D eigenvalue weighted by Crippen LogP contribution is 2.26. The molecule has 104 valence electrons. The van der Waals surface area contributed by atoms with Crippen molar-refractivity contribution in [2.24, 2.45) is 0 Å². The van der Waals surface area contributed by atoms with Gasteiger partial charge in [0.2, 0.25) is 23.8 Å². The lowest BCUT2D eigenvalue weighted by atomic mass is 9.85. The van der Waals surface area contributed by atoms with Crippen LogP contribution in [0, 0.1) is 0 Å². The molecule has 6 nitrogen and oxygen atoms in total. The number of ketones is 2. The van der Waals surface area contributed by atoms with Crippen LogP contribution in [0.3, 0.4) is 0 Å².